The van der Waals surface area contributed by atoms with Crippen molar-refractivity contribution in [1.82, 2.24) is 19.9 Å². The number of aromatic nitrogens is 3. The number of nitrogens with one attached hydrogen (secondary N) is 1. The number of hydrogen-bond acceptors (Lipinski definition) is 5. The van der Waals surface area contributed by atoms with E-state index in [0.29, 0.717) is 5.92 Å². The minimum Gasteiger partial charge on any atom is -0.324 e. The van der Waals surface area contributed by atoms with Crippen LogP contribution in [0.25, 0.3) is 0 Å². The molecular weight excluding hydrogens is 250 g/mol. The van der Waals surface area contributed by atoms with Gasteiger partial charge >= 0.3 is 0 Å². The standard InChI is InChI=1S/C15H19N5/c1-20-8-3-12(4-9-20)13-2-5-17-14(10-13)19-15-11-16-6-7-18-15/h2,5-7,10-12H,3-4,8-9H2,1H3,(H,17,18,19). The van der Waals surface area contributed by atoms with Crippen LogP contribution < -0.4 is 5.32 Å². The first kappa shape index (κ1) is 13.0. The molecule has 3 heterocycles. The van der Waals surface area contributed by atoms with Crippen molar-refractivity contribution < 1.29 is 0 Å². The number of nitrogens with zero attached hydrogens (tertiary/aromatic N) is 4. The normalized spacial score (nSPS) is 17.1. The Bertz CT molecular complexity index is 549. The molecule has 0 bridgehead atoms. The molecule has 0 unspecified atom stereocenters. The highest BCUT2D eigenvalue weighted by Gasteiger charge is 2.18. The van der Waals surface area contributed by atoms with Gasteiger partial charge in [0.2, 0.25) is 0 Å². The minimum atomic E-state index is 0.636. The quantitative estimate of drug-likeness (QED) is 0.927. The summed E-state index contributed by atoms with van der Waals surface area (Å²) in [6.07, 6.45) is 9.32. The zero-order chi connectivity index (χ0) is 13.8. The molecule has 0 amide bonds. The van der Waals surface area contributed by atoms with Crippen LogP contribution in [-0.2, 0) is 0 Å². The van der Waals surface area contributed by atoms with Crippen LogP contribution in [0.4, 0.5) is 11.6 Å². The second kappa shape index (κ2) is 5.96. The molecular formula is C15H19N5. The molecule has 104 valence electrons. The van der Waals surface area contributed by atoms with Crippen molar-refractivity contribution in [1.29, 1.82) is 0 Å². The van der Waals surface area contributed by atoms with Crippen LogP contribution in [0.5, 0.6) is 0 Å². The summed E-state index contributed by atoms with van der Waals surface area (Å²) < 4.78 is 0. The Hall–Kier alpha value is -2.01. The van der Waals surface area contributed by atoms with Gasteiger partial charge in [0.15, 0.2) is 0 Å². The molecule has 5 heteroatoms. The van der Waals surface area contributed by atoms with Crippen molar-refractivity contribution in [3.63, 3.8) is 0 Å². The summed E-state index contributed by atoms with van der Waals surface area (Å²) in [5.41, 5.74) is 1.36. The topological polar surface area (TPSA) is 53.9 Å². The van der Waals surface area contributed by atoms with Gasteiger partial charge in [0.25, 0.3) is 0 Å². The van der Waals surface area contributed by atoms with E-state index in [9.17, 15) is 0 Å². The summed E-state index contributed by atoms with van der Waals surface area (Å²) in [4.78, 5) is 15.0. The maximum atomic E-state index is 4.36. The first-order valence-corrected chi connectivity index (χ1v) is 6.99. The Labute approximate surface area is 119 Å². The van der Waals surface area contributed by atoms with Crippen molar-refractivity contribution in [2.24, 2.45) is 0 Å². The predicted molar refractivity (Wildman–Crippen MR) is 79.0 cm³/mol. The van der Waals surface area contributed by atoms with Gasteiger partial charge < -0.3 is 10.2 Å². The minimum absolute atomic E-state index is 0.636. The smallest absolute Gasteiger partial charge is 0.150 e. The fourth-order valence-electron chi connectivity index (χ4n) is 2.61. The second-order valence-corrected chi connectivity index (χ2v) is 5.27. The van der Waals surface area contributed by atoms with E-state index >= 15 is 0 Å². The molecule has 0 aliphatic carbocycles. The molecule has 0 spiro atoms. The molecule has 20 heavy (non-hydrogen) atoms. The fourth-order valence-corrected chi connectivity index (χ4v) is 2.61. The number of anilines is 2. The monoisotopic (exact) mass is 269 g/mol. The summed E-state index contributed by atoms with van der Waals surface area (Å²) in [7, 11) is 2.18. The zero-order valence-corrected chi connectivity index (χ0v) is 11.7. The molecule has 0 radical (unpaired) electrons. The van der Waals surface area contributed by atoms with Crippen molar-refractivity contribution in [2.45, 2.75) is 18.8 Å². The van der Waals surface area contributed by atoms with Gasteiger partial charge in [0.1, 0.15) is 11.6 Å². The molecule has 0 aromatic carbocycles. The molecule has 1 fully saturated rings. The van der Waals surface area contributed by atoms with E-state index in [1.807, 2.05) is 6.20 Å². The number of likely N-dealkylation sites (tertiary alicyclic amines) is 1. The van der Waals surface area contributed by atoms with Gasteiger partial charge in [0.05, 0.1) is 6.20 Å². The van der Waals surface area contributed by atoms with E-state index in [0.717, 1.165) is 11.6 Å². The van der Waals surface area contributed by atoms with Gasteiger partial charge in [-0.3, -0.25) is 4.98 Å². The lowest BCUT2D eigenvalue weighted by atomic mass is 9.90. The lowest BCUT2D eigenvalue weighted by molar-refractivity contribution is 0.255. The molecule has 1 aliphatic heterocycles. The summed E-state index contributed by atoms with van der Waals surface area (Å²) in [5, 5.41) is 3.20. The SMILES string of the molecule is CN1CCC(c2ccnc(Nc3cnccn3)c2)CC1. The molecule has 0 atom stereocenters. The summed E-state index contributed by atoms with van der Waals surface area (Å²) in [6.45, 7) is 2.33. The van der Waals surface area contributed by atoms with E-state index < -0.39 is 0 Å². The van der Waals surface area contributed by atoms with Gasteiger partial charge in [-0.05, 0) is 56.6 Å². The third-order valence-electron chi connectivity index (χ3n) is 3.79. The van der Waals surface area contributed by atoms with Crippen LogP contribution in [-0.4, -0.2) is 40.0 Å². The highest BCUT2D eigenvalue weighted by atomic mass is 15.1. The summed E-state index contributed by atoms with van der Waals surface area (Å²) in [5.74, 6) is 2.19. The lowest BCUT2D eigenvalue weighted by Crippen LogP contribution is -2.29. The van der Waals surface area contributed by atoms with Crippen LogP contribution in [0.3, 0.4) is 0 Å². The fraction of sp³-hybridized carbons (Fsp3) is 0.400. The Kier molecular flexibility index (Phi) is 3.87. The Morgan fingerprint density at radius 1 is 1.10 bits per heavy atom. The average Bonchev–Trinajstić information content (AvgIpc) is 2.49. The third-order valence-corrected chi connectivity index (χ3v) is 3.79. The summed E-state index contributed by atoms with van der Waals surface area (Å²) >= 11 is 0. The van der Waals surface area contributed by atoms with Crippen LogP contribution in [0, 0.1) is 0 Å². The third kappa shape index (κ3) is 3.11. The van der Waals surface area contributed by atoms with E-state index in [-0.39, 0.29) is 0 Å². The van der Waals surface area contributed by atoms with Gasteiger partial charge in [-0.2, -0.15) is 0 Å². The highest BCUT2D eigenvalue weighted by Crippen LogP contribution is 2.28. The zero-order valence-electron chi connectivity index (χ0n) is 11.7. The first-order chi connectivity index (χ1) is 9.81. The molecule has 1 saturated heterocycles. The molecule has 3 rings (SSSR count). The van der Waals surface area contributed by atoms with Crippen LogP contribution in [0.1, 0.15) is 24.3 Å². The van der Waals surface area contributed by atoms with Gasteiger partial charge in [-0.25, -0.2) is 9.97 Å². The Balaban J connectivity index is 1.73. The van der Waals surface area contributed by atoms with E-state index in [1.54, 1.807) is 18.6 Å². The van der Waals surface area contributed by atoms with E-state index in [2.05, 4.69) is 44.3 Å². The van der Waals surface area contributed by atoms with Gasteiger partial charge in [0, 0.05) is 18.6 Å². The predicted octanol–water partition coefficient (Wildman–Crippen LogP) is 2.42. The first-order valence-electron chi connectivity index (χ1n) is 6.99. The van der Waals surface area contributed by atoms with E-state index in [4.69, 9.17) is 0 Å². The van der Waals surface area contributed by atoms with Gasteiger partial charge in [-0.15, -0.1) is 0 Å². The van der Waals surface area contributed by atoms with Crippen molar-refractivity contribution in [2.75, 3.05) is 25.5 Å². The molecule has 1 aliphatic rings. The van der Waals surface area contributed by atoms with E-state index in [1.165, 1.54) is 31.5 Å². The van der Waals surface area contributed by atoms with Crippen molar-refractivity contribution >= 4 is 11.6 Å². The van der Waals surface area contributed by atoms with Crippen LogP contribution in [0.15, 0.2) is 36.9 Å². The second-order valence-electron chi connectivity index (χ2n) is 5.27. The van der Waals surface area contributed by atoms with Crippen LogP contribution >= 0.6 is 0 Å². The maximum absolute atomic E-state index is 4.36. The molecule has 1 N–H and O–H groups in total. The maximum Gasteiger partial charge on any atom is 0.150 e. The Morgan fingerprint density at radius 3 is 2.65 bits per heavy atom. The lowest BCUT2D eigenvalue weighted by Gasteiger charge is -2.29. The number of rotatable bonds is 3. The molecule has 0 saturated carbocycles. The average molecular weight is 269 g/mol. The van der Waals surface area contributed by atoms with Crippen molar-refractivity contribution in [3.05, 3.63) is 42.5 Å². The molecule has 2 aromatic heterocycles. The van der Waals surface area contributed by atoms with Gasteiger partial charge in [-0.1, -0.05) is 0 Å². The summed E-state index contributed by atoms with van der Waals surface area (Å²) in [6, 6.07) is 4.25. The van der Waals surface area contributed by atoms with Crippen LogP contribution in [0.2, 0.25) is 0 Å². The largest absolute Gasteiger partial charge is 0.324 e. The van der Waals surface area contributed by atoms with Crippen molar-refractivity contribution in [3.8, 4) is 0 Å². The Morgan fingerprint density at radius 2 is 1.90 bits per heavy atom. The number of piperidine rings is 1. The molecule has 5 nitrogen and oxygen atoms in total. The number of hydrogen-bond donors (Lipinski definition) is 1. The molecule has 2 aromatic rings. The number of pyridine rings is 1. The highest BCUT2D eigenvalue weighted by molar-refractivity contribution is 5.51.